The highest BCUT2D eigenvalue weighted by molar-refractivity contribution is 6.25. The summed E-state index contributed by atoms with van der Waals surface area (Å²) in [6, 6.07) is 18.6. The lowest BCUT2D eigenvalue weighted by Gasteiger charge is -2.40. The van der Waals surface area contributed by atoms with Crippen molar-refractivity contribution in [1.29, 1.82) is 0 Å². The van der Waals surface area contributed by atoms with Crippen molar-refractivity contribution in [3.05, 3.63) is 249 Å². The minimum absolute atomic E-state index is 0.942. The average molecular weight is 1390 g/mol. The van der Waals surface area contributed by atoms with Gasteiger partial charge in [-0.25, -0.2) is 0 Å². The van der Waals surface area contributed by atoms with Gasteiger partial charge >= 0.3 is 11.8 Å². The molecule has 2 spiro atoms. The zero-order chi connectivity index (χ0) is 73.3. The molecule has 12 aliphatic heterocycles. The summed E-state index contributed by atoms with van der Waals surface area (Å²) in [6.07, 6.45) is 0. The Morgan fingerprint density at radius 2 is 0.425 bits per heavy atom. The van der Waals surface area contributed by atoms with Gasteiger partial charge in [-0.3, -0.25) is 0 Å². The third kappa shape index (κ3) is 6.09. The Kier molecular flexibility index (Phi) is 10.6. The molecule has 8 aromatic carbocycles. The van der Waals surface area contributed by atoms with Crippen LogP contribution >= 0.6 is 0 Å². The monoisotopic (exact) mass is 1380 g/mol. The zero-order valence-electron chi connectivity index (χ0n) is 64.8. The molecule has 12 aromatic rings. The van der Waals surface area contributed by atoms with Crippen LogP contribution in [0.3, 0.4) is 0 Å². The van der Waals surface area contributed by atoms with E-state index in [1.165, 1.54) is 221 Å². The molecule has 1 unspecified atom stereocenters. The van der Waals surface area contributed by atoms with E-state index in [9.17, 15) is 0 Å². The second-order valence-electron chi connectivity index (χ2n) is 33.0. The number of rotatable bonds is 0. The van der Waals surface area contributed by atoms with E-state index in [0.717, 1.165) is 91.9 Å². The summed E-state index contributed by atoms with van der Waals surface area (Å²) in [5.41, 5.74) is 42.8. The number of amidine groups is 8. The molecule has 0 amide bonds. The zero-order valence-corrected chi connectivity index (χ0v) is 64.8. The first-order chi connectivity index (χ1) is 50.6. The van der Waals surface area contributed by atoms with E-state index in [-0.39, 0.29) is 0 Å². The number of aromatic nitrogens is 4. The van der Waals surface area contributed by atoms with Crippen molar-refractivity contribution in [3.63, 3.8) is 0 Å². The molecule has 0 aliphatic carbocycles. The predicted molar refractivity (Wildman–Crippen MR) is 421 cm³/mol. The van der Waals surface area contributed by atoms with E-state index in [1.54, 1.807) is 0 Å². The maximum absolute atomic E-state index is 5.80. The van der Waals surface area contributed by atoms with Crippen LogP contribution in [0.2, 0.25) is 0 Å². The van der Waals surface area contributed by atoms with Gasteiger partial charge in [0.2, 0.25) is 45.2 Å². The van der Waals surface area contributed by atoms with Gasteiger partial charge in [0.05, 0.1) is 87.6 Å². The van der Waals surface area contributed by atoms with Crippen LogP contribution in [-0.2, 0) is 11.8 Å². The Morgan fingerprint density at radius 1 is 0.198 bits per heavy atom. The summed E-state index contributed by atoms with van der Waals surface area (Å²) >= 11 is 0. The minimum atomic E-state index is -1.01. The highest BCUT2D eigenvalue weighted by atomic mass is 15.7. The van der Waals surface area contributed by atoms with Gasteiger partial charge in [0.15, 0.2) is 0 Å². The number of fused-ring (bicyclic) bond motifs is 24. The first-order valence-electron chi connectivity index (χ1n) is 37.6. The summed E-state index contributed by atoms with van der Waals surface area (Å²) in [5, 5.41) is 9.36. The van der Waals surface area contributed by atoms with Gasteiger partial charge in [0.1, 0.15) is 0 Å². The highest BCUT2D eigenvalue weighted by Gasteiger charge is 2.73. The van der Waals surface area contributed by atoms with Crippen molar-refractivity contribution in [2.45, 2.75) is 178 Å². The highest BCUT2D eigenvalue weighted by Crippen LogP contribution is 2.58. The second kappa shape index (κ2) is 18.4. The molecule has 2 atom stereocenters. The molecule has 0 N–H and O–H groups in total. The van der Waals surface area contributed by atoms with E-state index in [0.29, 0.717) is 0 Å². The number of benzene rings is 8. The molecule has 0 saturated heterocycles. The molecular formula is C90H80N16+4. The Morgan fingerprint density at radius 3 is 0.745 bits per heavy atom. The lowest BCUT2D eigenvalue weighted by atomic mass is 9.93. The lowest BCUT2D eigenvalue weighted by Crippen LogP contribution is -2.71. The van der Waals surface area contributed by atoms with Crippen molar-refractivity contribution < 1.29 is 18.3 Å². The molecule has 0 bridgehead atoms. The third-order valence-electron chi connectivity index (χ3n) is 27.4. The van der Waals surface area contributed by atoms with Crippen molar-refractivity contribution in [1.82, 2.24) is 18.3 Å². The number of hydrogen-bond acceptors (Lipinski definition) is 8. The van der Waals surface area contributed by atoms with Crippen LogP contribution in [0.4, 0.5) is 23.3 Å². The topological polar surface area (TPSA) is 131 Å². The molecule has 106 heavy (non-hydrogen) atoms. The lowest BCUT2D eigenvalue weighted by molar-refractivity contribution is -0.791. The first-order valence-corrected chi connectivity index (χ1v) is 37.6. The summed E-state index contributed by atoms with van der Waals surface area (Å²) in [6.45, 7) is 53.7. The molecule has 16 heterocycles. The molecule has 0 fully saturated rings. The van der Waals surface area contributed by atoms with Crippen LogP contribution in [-0.4, -0.2) is 83.3 Å². The van der Waals surface area contributed by atoms with Gasteiger partial charge in [0, 0.05) is 0 Å². The second-order valence-corrected chi connectivity index (χ2v) is 33.0. The maximum Gasteiger partial charge on any atom is 0.404 e. The fourth-order valence-electron chi connectivity index (χ4n) is 21.8. The summed E-state index contributed by atoms with van der Waals surface area (Å²) in [5.74, 6) is 9.32. The van der Waals surface area contributed by atoms with Gasteiger partial charge in [-0.1, -0.05) is 88.5 Å². The predicted octanol–water partition coefficient (Wildman–Crippen LogP) is 14.8. The van der Waals surface area contributed by atoms with Crippen LogP contribution in [0.25, 0.3) is 43.1 Å². The van der Waals surface area contributed by atoms with Crippen molar-refractivity contribution in [2.24, 2.45) is 39.9 Å². The van der Waals surface area contributed by atoms with Crippen LogP contribution in [0, 0.1) is 166 Å². The van der Waals surface area contributed by atoms with E-state index in [2.05, 4.69) is 251 Å². The molecule has 4 aromatic heterocycles. The van der Waals surface area contributed by atoms with Gasteiger partial charge in [0.25, 0.3) is 46.7 Å². The van der Waals surface area contributed by atoms with Gasteiger partial charge in [-0.05, 0) is 300 Å². The van der Waals surface area contributed by atoms with Gasteiger partial charge in [-0.2, -0.15) is 18.3 Å². The van der Waals surface area contributed by atoms with E-state index < -0.39 is 11.8 Å². The molecule has 516 valence electrons. The number of aryl methyl sites for hydroxylation is 20. The van der Waals surface area contributed by atoms with Gasteiger partial charge in [-0.15, -0.1) is 18.3 Å². The van der Waals surface area contributed by atoms with Crippen LogP contribution in [0.1, 0.15) is 178 Å². The standard InChI is InChI=1S/2C45H40N8/c1-17-13-21(5)29-33(25(17)9)41-46-38-30-22(6)14-18(2)26(10)34(30)43-48-40-32-24(8)16-20(4)28(12)36(32)44-49-39-31-23(7)15-19(3)27(11)35(31)42-47-37(29)50(41)45(51(38)43,52(39)42)53(40)44;1-17-13-21(5)29-33(25(17)9)41-47-39-31-23(7)15-19(3)27(11)35(31)43-49-44-36-28(12)20(4)16-24(8)32(36)40-48-42-34-26(10)18(2)14-22(6)30(34)38-46-37(29)50(41)45(51(38)42,52(39)43)53(40)44/h2*13-16H,1-12H3/q2*+2/t;45-/m.1/s1. The normalized spacial score (nSPS) is 19.0. The molecular weight excluding hydrogens is 1310 g/mol. The molecule has 16 nitrogen and oxygen atoms in total. The SMILES string of the molecule is Cc1cc(C)c2c(c1C)C1=Nc3c4c(C)cc(C)c(C)c4c4n3C35n6c(c7c(C)cc(C)c(C)c7c6=NC2=[N+]13)=NC1=[N+]5C(=N4)c2c(C)cc(C)c(C)c21.Cc1cc(C)c2c(c1C)C1=Nc3c4c(C)cc(C)c(C)c4c4n3[C@@]35n6c(c7c(C)cc(C)c(C)c7c6=NC6=[N+]3C(=N4)c3c(C)c(C)cc(C)c36)=NC2=[N+]15. The Hall–Kier alpha value is -11.5. The van der Waals surface area contributed by atoms with E-state index in [4.69, 9.17) is 39.9 Å². The number of aliphatic imine (C=N–C) groups is 4. The minimum Gasteiger partial charge on any atom is -0.192 e. The first kappa shape index (κ1) is 60.9. The van der Waals surface area contributed by atoms with E-state index >= 15 is 0 Å². The summed E-state index contributed by atoms with van der Waals surface area (Å²) < 4.78 is 19.7. The fourth-order valence-corrected chi connectivity index (χ4v) is 21.8. The number of nitrogens with zero attached hydrogens (tertiary/aromatic N) is 16. The summed E-state index contributed by atoms with van der Waals surface area (Å²) in [4.78, 5) is 46.3. The largest absolute Gasteiger partial charge is 0.404 e. The maximum atomic E-state index is 5.80. The molecule has 0 radical (unpaired) electrons. The summed E-state index contributed by atoms with van der Waals surface area (Å²) in [7, 11) is 0. The van der Waals surface area contributed by atoms with Gasteiger partial charge < -0.3 is 0 Å². The Balaban J connectivity index is 0.000000129. The quantitative estimate of drug-likeness (QED) is 0.134. The van der Waals surface area contributed by atoms with Crippen LogP contribution in [0.5, 0.6) is 0 Å². The van der Waals surface area contributed by atoms with Crippen molar-refractivity contribution >= 4 is 113 Å². The Labute approximate surface area is 612 Å². The molecule has 0 saturated carbocycles. The van der Waals surface area contributed by atoms with Crippen LogP contribution < -0.4 is 22.0 Å². The third-order valence-corrected chi connectivity index (χ3v) is 27.4. The molecule has 12 aliphatic rings. The smallest absolute Gasteiger partial charge is 0.192 e. The average Bonchev–Trinajstić information content (AvgIpc) is 1.45. The van der Waals surface area contributed by atoms with Crippen LogP contribution in [0.15, 0.2) is 88.5 Å². The number of hydrogen-bond donors (Lipinski definition) is 0. The Bertz CT molecular complexity index is 7430. The fraction of sp³-hybridized carbons (Fsp3) is 0.289. The molecule has 16 heteroatoms. The molecule has 24 rings (SSSR count). The van der Waals surface area contributed by atoms with Crippen molar-refractivity contribution in [3.8, 4) is 0 Å². The van der Waals surface area contributed by atoms with Crippen molar-refractivity contribution in [2.75, 3.05) is 0 Å². The van der Waals surface area contributed by atoms with E-state index in [1.807, 2.05) is 0 Å².